The van der Waals surface area contributed by atoms with Crippen LogP contribution in [-0.2, 0) is 19.5 Å². The summed E-state index contributed by atoms with van der Waals surface area (Å²) in [6.45, 7) is 3.70. The van der Waals surface area contributed by atoms with Crippen LogP contribution in [0.2, 0.25) is 0 Å². The molecule has 0 unspecified atom stereocenters. The summed E-state index contributed by atoms with van der Waals surface area (Å²) >= 11 is 0. The molecule has 0 heterocycles. The predicted octanol–water partition coefficient (Wildman–Crippen LogP) is 2.87. The van der Waals surface area contributed by atoms with Gasteiger partial charge in [0.1, 0.15) is 0 Å². The Morgan fingerprint density at radius 3 is 2.20 bits per heavy atom. The Morgan fingerprint density at radius 2 is 1.80 bits per heavy atom. The maximum absolute atomic E-state index is 8.10. The van der Waals surface area contributed by atoms with Crippen molar-refractivity contribution >= 4 is 17.0 Å². The first kappa shape index (κ1) is 16.9. The molecule has 0 bridgehead atoms. The first-order valence-corrected chi connectivity index (χ1v) is 3.08. The molecule has 0 N–H and O–H groups in total. The largest absolute Gasteiger partial charge is 0.343 e. The Hall–Kier alpha value is 0.593. The van der Waals surface area contributed by atoms with Gasteiger partial charge in [-0.3, -0.25) is 0 Å². The van der Waals surface area contributed by atoms with Gasteiger partial charge in [-0.25, -0.2) is 0 Å². The van der Waals surface area contributed by atoms with E-state index in [9.17, 15) is 0 Å². The number of halogens is 1. The standard InChI is InChI=1S/C7H12N.BrH.Zn/c1-2-3-4-5-6-7-8;;/h1-6H2;1H;/q-1;;. The van der Waals surface area contributed by atoms with Crippen LogP contribution in [0.25, 0.3) is 0 Å². The van der Waals surface area contributed by atoms with Crippen LogP contribution in [0.3, 0.4) is 0 Å². The predicted molar refractivity (Wildman–Crippen MR) is 44.4 cm³/mol. The van der Waals surface area contributed by atoms with Crippen LogP contribution in [0.4, 0.5) is 0 Å². The smallest absolute Gasteiger partial charge is 0.0621 e. The molecule has 0 spiro atoms. The summed E-state index contributed by atoms with van der Waals surface area (Å²) in [6.07, 6.45) is 5.09. The van der Waals surface area contributed by atoms with Crippen LogP contribution in [-0.4, -0.2) is 0 Å². The molecule has 0 amide bonds. The van der Waals surface area contributed by atoms with Crippen molar-refractivity contribution in [2.45, 2.75) is 32.1 Å². The van der Waals surface area contributed by atoms with Crippen molar-refractivity contribution in [2.24, 2.45) is 0 Å². The van der Waals surface area contributed by atoms with Gasteiger partial charge in [-0.2, -0.15) is 11.7 Å². The molecular formula is C7H13BrNZn-. The van der Waals surface area contributed by atoms with Crippen LogP contribution < -0.4 is 0 Å². The van der Waals surface area contributed by atoms with Crippen molar-refractivity contribution in [3.8, 4) is 6.07 Å². The monoisotopic (exact) mass is 254 g/mol. The van der Waals surface area contributed by atoms with Crippen LogP contribution in [0, 0.1) is 18.3 Å². The summed E-state index contributed by atoms with van der Waals surface area (Å²) in [5, 5.41) is 8.10. The third-order valence-electron chi connectivity index (χ3n) is 1.04. The number of nitriles is 1. The summed E-state index contributed by atoms with van der Waals surface area (Å²) in [6, 6.07) is 2.11. The Labute approximate surface area is 86.7 Å². The van der Waals surface area contributed by atoms with E-state index in [0.717, 1.165) is 19.3 Å². The summed E-state index contributed by atoms with van der Waals surface area (Å²) < 4.78 is 0. The summed E-state index contributed by atoms with van der Waals surface area (Å²) in [5.74, 6) is 0. The first-order chi connectivity index (χ1) is 3.91. The van der Waals surface area contributed by atoms with Crippen molar-refractivity contribution in [1.82, 2.24) is 0 Å². The molecule has 0 aliphatic rings. The first-order valence-electron chi connectivity index (χ1n) is 3.08. The molecule has 56 valence electrons. The van der Waals surface area contributed by atoms with Crippen molar-refractivity contribution in [3.63, 3.8) is 0 Å². The Kier molecular flexibility index (Phi) is 27.6. The Bertz CT molecular complexity index is 80.2. The van der Waals surface area contributed by atoms with E-state index in [1.807, 2.05) is 0 Å². The van der Waals surface area contributed by atoms with E-state index in [1.54, 1.807) is 0 Å². The van der Waals surface area contributed by atoms with Crippen molar-refractivity contribution in [3.05, 3.63) is 6.92 Å². The van der Waals surface area contributed by atoms with Crippen molar-refractivity contribution < 1.29 is 19.5 Å². The van der Waals surface area contributed by atoms with Crippen molar-refractivity contribution in [2.75, 3.05) is 0 Å². The van der Waals surface area contributed by atoms with Gasteiger partial charge in [0.05, 0.1) is 6.07 Å². The van der Waals surface area contributed by atoms with Crippen LogP contribution >= 0.6 is 17.0 Å². The van der Waals surface area contributed by atoms with Gasteiger partial charge in [0.2, 0.25) is 0 Å². The summed E-state index contributed by atoms with van der Waals surface area (Å²) in [7, 11) is 0. The van der Waals surface area contributed by atoms with Gasteiger partial charge < -0.3 is 6.92 Å². The molecule has 0 aromatic heterocycles. The Morgan fingerprint density at radius 1 is 1.20 bits per heavy atom. The quantitative estimate of drug-likeness (QED) is 0.431. The second-order valence-electron chi connectivity index (χ2n) is 1.82. The zero-order valence-corrected chi connectivity index (χ0v) is 11.0. The summed E-state index contributed by atoms with van der Waals surface area (Å²) in [4.78, 5) is 0. The maximum Gasteiger partial charge on any atom is 0.0621 e. The van der Waals surface area contributed by atoms with Gasteiger partial charge in [-0.15, -0.1) is 17.0 Å². The molecule has 0 aromatic carbocycles. The Balaban J connectivity index is -0.000000245. The molecule has 0 saturated carbocycles. The molecule has 0 aromatic rings. The molecule has 1 nitrogen and oxygen atoms in total. The van der Waals surface area contributed by atoms with Gasteiger partial charge >= 0.3 is 0 Å². The zero-order chi connectivity index (χ0) is 6.24. The average molecular weight is 256 g/mol. The average Bonchev–Trinajstić information content (AvgIpc) is 1.81. The number of hydrogen-bond acceptors (Lipinski definition) is 1. The molecule has 0 radical (unpaired) electrons. The van der Waals surface area contributed by atoms with E-state index >= 15 is 0 Å². The van der Waals surface area contributed by atoms with Gasteiger partial charge in [-0.05, 0) is 6.42 Å². The third kappa shape index (κ3) is 15.8. The van der Waals surface area contributed by atoms with E-state index in [-0.39, 0.29) is 36.5 Å². The molecule has 0 fully saturated rings. The molecule has 3 heteroatoms. The minimum Gasteiger partial charge on any atom is -0.343 e. The maximum atomic E-state index is 8.10. The fraction of sp³-hybridized carbons (Fsp3) is 0.714. The van der Waals surface area contributed by atoms with Crippen LogP contribution in [0.15, 0.2) is 0 Å². The zero-order valence-electron chi connectivity index (χ0n) is 6.31. The normalized spacial score (nSPS) is 6.80. The van der Waals surface area contributed by atoms with Crippen LogP contribution in [0.5, 0.6) is 0 Å². The van der Waals surface area contributed by atoms with Gasteiger partial charge in [0, 0.05) is 25.9 Å². The van der Waals surface area contributed by atoms with E-state index < -0.39 is 0 Å². The van der Waals surface area contributed by atoms with Gasteiger partial charge in [0.15, 0.2) is 0 Å². The number of rotatable bonds is 4. The fourth-order valence-electron chi connectivity index (χ4n) is 0.558. The van der Waals surface area contributed by atoms with E-state index in [0.29, 0.717) is 6.42 Å². The fourth-order valence-corrected chi connectivity index (χ4v) is 0.558. The number of nitrogens with zero attached hydrogens (tertiary/aromatic N) is 1. The van der Waals surface area contributed by atoms with Gasteiger partial charge in [0.25, 0.3) is 0 Å². The van der Waals surface area contributed by atoms with E-state index in [2.05, 4.69) is 13.0 Å². The van der Waals surface area contributed by atoms with Crippen LogP contribution in [0.1, 0.15) is 32.1 Å². The van der Waals surface area contributed by atoms with Gasteiger partial charge in [-0.1, -0.05) is 12.8 Å². The molecule has 0 saturated heterocycles. The molecule has 0 aliphatic heterocycles. The molecular weight excluding hydrogens is 243 g/mol. The molecule has 0 aliphatic carbocycles. The van der Waals surface area contributed by atoms with E-state index in [1.165, 1.54) is 6.42 Å². The van der Waals surface area contributed by atoms with Crippen molar-refractivity contribution in [1.29, 1.82) is 5.26 Å². The third-order valence-corrected chi connectivity index (χ3v) is 1.04. The number of unbranched alkanes of at least 4 members (excludes halogenated alkanes) is 4. The number of hydrogen-bond donors (Lipinski definition) is 0. The molecule has 0 atom stereocenters. The topological polar surface area (TPSA) is 23.8 Å². The minimum absolute atomic E-state index is 0. The minimum atomic E-state index is 0. The summed E-state index contributed by atoms with van der Waals surface area (Å²) in [5.41, 5.74) is 0. The molecule has 0 rings (SSSR count). The SMILES string of the molecule is Br.[CH2-]CCCCCC#N.[Zn]. The second kappa shape index (κ2) is 16.3. The molecule has 10 heavy (non-hydrogen) atoms. The second-order valence-corrected chi connectivity index (χ2v) is 1.82. The van der Waals surface area contributed by atoms with E-state index in [4.69, 9.17) is 5.26 Å².